The number of benzene rings is 1. The summed E-state index contributed by atoms with van der Waals surface area (Å²) in [4.78, 5) is 26.7. The van der Waals surface area contributed by atoms with E-state index in [1.165, 1.54) is 0 Å². The van der Waals surface area contributed by atoms with Gasteiger partial charge in [0.25, 0.3) is 5.91 Å². The lowest BCUT2D eigenvalue weighted by atomic mass is 10.00. The van der Waals surface area contributed by atoms with Crippen LogP contribution in [-0.2, 0) is 6.54 Å². The van der Waals surface area contributed by atoms with Gasteiger partial charge in [0.2, 0.25) is 0 Å². The number of nitrogens with one attached hydrogen (secondary N) is 1. The third-order valence-electron chi connectivity index (χ3n) is 4.10. The molecule has 0 aliphatic rings. The van der Waals surface area contributed by atoms with Gasteiger partial charge in [0, 0.05) is 30.0 Å². The summed E-state index contributed by atoms with van der Waals surface area (Å²) in [6.45, 7) is 8.39. The zero-order chi connectivity index (χ0) is 17.4. The van der Waals surface area contributed by atoms with E-state index in [0.717, 1.165) is 39.2 Å². The fourth-order valence-electron chi connectivity index (χ4n) is 3.11. The Morgan fingerprint density at radius 2 is 1.92 bits per heavy atom. The average molecular weight is 322 g/mol. The summed E-state index contributed by atoms with van der Waals surface area (Å²) in [5, 5.41) is 0.929. The molecule has 0 saturated carbocycles. The quantitative estimate of drug-likeness (QED) is 0.803. The zero-order valence-electron chi connectivity index (χ0n) is 14.8. The van der Waals surface area contributed by atoms with Crippen molar-refractivity contribution in [1.82, 2.24) is 19.9 Å². The molecule has 1 amide bonds. The number of H-pyrrole nitrogens is 1. The van der Waals surface area contributed by atoms with Crippen molar-refractivity contribution >= 4 is 16.8 Å². The van der Waals surface area contributed by atoms with Gasteiger partial charge in [0.15, 0.2) is 0 Å². The fourth-order valence-corrected chi connectivity index (χ4v) is 3.11. The second-order valence-electron chi connectivity index (χ2n) is 6.46. The number of rotatable bonds is 3. The number of aryl methyl sites for hydroxylation is 4. The molecule has 0 aliphatic carbocycles. The highest BCUT2D eigenvalue weighted by atomic mass is 16.2. The molecule has 3 aromatic rings. The number of pyridine rings is 1. The third kappa shape index (κ3) is 3.02. The molecular formula is C19H22N4O. The summed E-state index contributed by atoms with van der Waals surface area (Å²) in [7, 11) is 1.80. The maximum Gasteiger partial charge on any atom is 0.254 e. The summed E-state index contributed by atoms with van der Waals surface area (Å²) in [6, 6.07) is 5.99. The largest absolute Gasteiger partial charge is 0.345 e. The van der Waals surface area contributed by atoms with Crippen LogP contribution in [0, 0.1) is 27.7 Å². The SMILES string of the molecule is Cc1cc(C)c2c(C(=O)N(C)Cc3ncc(C)[nH]3)cc(C)nc2c1. The average Bonchev–Trinajstić information content (AvgIpc) is 2.89. The van der Waals surface area contributed by atoms with Crippen LogP contribution in [0.2, 0.25) is 0 Å². The van der Waals surface area contributed by atoms with Gasteiger partial charge >= 0.3 is 0 Å². The van der Waals surface area contributed by atoms with E-state index in [0.29, 0.717) is 12.1 Å². The summed E-state index contributed by atoms with van der Waals surface area (Å²) in [6.07, 6.45) is 1.77. The summed E-state index contributed by atoms with van der Waals surface area (Å²) in [5.41, 5.74) is 5.62. The first-order valence-corrected chi connectivity index (χ1v) is 7.99. The molecule has 2 aromatic heterocycles. The van der Waals surface area contributed by atoms with Crippen LogP contribution in [0.15, 0.2) is 24.4 Å². The number of imidazole rings is 1. The van der Waals surface area contributed by atoms with Crippen molar-refractivity contribution in [1.29, 1.82) is 0 Å². The van der Waals surface area contributed by atoms with Gasteiger partial charge in [-0.3, -0.25) is 9.78 Å². The van der Waals surface area contributed by atoms with Crippen LogP contribution >= 0.6 is 0 Å². The predicted molar refractivity (Wildman–Crippen MR) is 95.1 cm³/mol. The first-order valence-electron chi connectivity index (χ1n) is 7.99. The van der Waals surface area contributed by atoms with Gasteiger partial charge in [0.05, 0.1) is 17.6 Å². The second kappa shape index (κ2) is 6.07. The molecule has 0 saturated heterocycles. The minimum Gasteiger partial charge on any atom is -0.345 e. The number of carbonyl (C=O) groups is 1. The van der Waals surface area contributed by atoms with E-state index in [-0.39, 0.29) is 5.91 Å². The van der Waals surface area contributed by atoms with Crippen molar-refractivity contribution in [3.8, 4) is 0 Å². The van der Waals surface area contributed by atoms with Gasteiger partial charge in [-0.2, -0.15) is 0 Å². The third-order valence-corrected chi connectivity index (χ3v) is 4.10. The summed E-state index contributed by atoms with van der Waals surface area (Å²) >= 11 is 0. The first-order chi connectivity index (χ1) is 11.3. The molecule has 1 aromatic carbocycles. The molecule has 5 nitrogen and oxygen atoms in total. The maximum absolute atomic E-state index is 13.0. The van der Waals surface area contributed by atoms with Crippen LogP contribution < -0.4 is 0 Å². The molecule has 2 heterocycles. The fraction of sp³-hybridized carbons (Fsp3) is 0.316. The molecule has 0 fully saturated rings. The van der Waals surface area contributed by atoms with Crippen LogP contribution in [-0.4, -0.2) is 32.8 Å². The number of aromatic nitrogens is 3. The molecule has 124 valence electrons. The standard InChI is InChI=1S/C19H22N4O/c1-11-6-12(2)18-15(8-13(3)21-16(18)7-11)19(24)23(5)10-17-20-9-14(4)22-17/h6-9H,10H2,1-5H3,(H,20,22). The Morgan fingerprint density at radius 1 is 1.17 bits per heavy atom. The van der Waals surface area contributed by atoms with E-state index in [4.69, 9.17) is 0 Å². The minimum atomic E-state index is -0.0218. The molecule has 1 N–H and O–H groups in total. The Bertz CT molecular complexity index is 921. The molecular weight excluding hydrogens is 300 g/mol. The number of nitrogens with zero attached hydrogens (tertiary/aromatic N) is 3. The van der Waals surface area contributed by atoms with Gasteiger partial charge < -0.3 is 9.88 Å². The van der Waals surface area contributed by atoms with Crippen molar-refractivity contribution < 1.29 is 4.79 Å². The smallest absolute Gasteiger partial charge is 0.254 e. The van der Waals surface area contributed by atoms with Crippen LogP contribution in [0.1, 0.15) is 38.7 Å². The molecule has 0 atom stereocenters. The molecule has 0 radical (unpaired) electrons. The number of aromatic amines is 1. The lowest BCUT2D eigenvalue weighted by Gasteiger charge is -2.18. The van der Waals surface area contributed by atoms with Gasteiger partial charge in [-0.05, 0) is 51.0 Å². The predicted octanol–water partition coefficient (Wildman–Crippen LogP) is 3.46. The monoisotopic (exact) mass is 322 g/mol. The second-order valence-corrected chi connectivity index (χ2v) is 6.46. The molecule has 3 rings (SSSR count). The Labute approximate surface area is 141 Å². The van der Waals surface area contributed by atoms with Crippen LogP contribution in [0.25, 0.3) is 10.9 Å². The topological polar surface area (TPSA) is 61.9 Å². The normalized spacial score (nSPS) is 11.0. The van der Waals surface area contributed by atoms with Crippen molar-refractivity contribution in [3.63, 3.8) is 0 Å². The van der Waals surface area contributed by atoms with E-state index >= 15 is 0 Å². The number of fused-ring (bicyclic) bond motifs is 1. The lowest BCUT2D eigenvalue weighted by Crippen LogP contribution is -2.27. The molecule has 24 heavy (non-hydrogen) atoms. The van der Waals surface area contributed by atoms with Gasteiger partial charge in [-0.15, -0.1) is 0 Å². The summed E-state index contributed by atoms with van der Waals surface area (Å²) < 4.78 is 0. The van der Waals surface area contributed by atoms with Crippen molar-refractivity contribution in [3.05, 3.63) is 58.3 Å². The number of hydrogen-bond donors (Lipinski definition) is 1. The van der Waals surface area contributed by atoms with Crippen LogP contribution in [0.3, 0.4) is 0 Å². The molecule has 0 aliphatic heterocycles. The Kier molecular flexibility index (Phi) is 4.09. The zero-order valence-corrected chi connectivity index (χ0v) is 14.8. The van der Waals surface area contributed by atoms with E-state index in [9.17, 15) is 4.79 Å². The molecule has 5 heteroatoms. The lowest BCUT2D eigenvalue weighted by molar-refractivity contribution is 0.0783. The summed E-state index contributed by atoms with van der Waals surface area (Å²) in [5.74, 6) is 0.762. The minimum absolute atomic E-state index is 0.0218. The van der Waals surface area contributed by atoms with Gasteiger partial charge in [-0.25, -0.2) is 4.98 Å². The highest BCUT2D eigenvalue weighted by molar-refractivity contribution is 6.07. The molecule has 0 unspecified atom stereocenters. The highest BCUT2D eigenvalue weighted by Gasteiger charge is 2.18. The van der Waals surface area contributed by atoms with Crippen molar-refractivity contribution in [2.45, 2.75) is 34.2 Å². The van der Waals surface area contributed by atoms with E-state index in [1.54, 1.807) is 18.1 Å². The maximum atomic E-state index is 13.0. The van der Waals surface area contributed by atoms with E-state index in [1.807, 2.05) is 39.8 Å². The van der Waals surface area contributed by atoms with E-state index in [2.05, 4.69) is 21.0 Å². The Hall–Kier alpha value is -2.69. The Balaban J connectivity index is 2.02. The van der Waals surface area contributed by atoms with Gasteiger partial charge in [-0.1, -0.05) is 6.07 Å². The van der Waals surface area contributed by atoms with E-state index < -0.39 is 0 Å². The Morgan fingerprint density at radius 3 is 2.58 bits per heavy atom. The van der Waals surface area contributed by atoms with Crippen molar-refractivity contribution in [2.24, 2.45) is 0 Å². The van der Waals surface area contributed by atoms with Crippen LogP contribution in [0.4, 0.5) is 0 Å². The molecule has 0 spiro atoms. The number of hydrogen-bond acceptors (Lipinski definition) is 3. The van der Waals surface area contributed by atoms with Crippen LogP contribution in [0.5, 0.6) is 0 Å². The first kappa shape index (κ1) is 16.2. The highest BCUT2D eigenvalue weighted by Crippen LogP contribution is 2.25. The number of amides is 1. The molecule has 0 bridgehead atoms. The van der Waals surface area contributed by atoms with Gasteiger partial charge in [0.1, 0.15) is 5.82 Å². The number of carbonyl (C=O) groups excluding carboxylic acids is 1. The van der Waals surface area contributed by atoms with Crippen molar-refractivity contribution in [2.75, 3.05) is 7.05 Å².